The smallest absolute Gasteiger partial charge is 0.191 e. The van der Waals surface area contributed by atoms with E-state index in [0.29, 0.717) is 6.54 Å². The van der Waals surface area contributed by atoms with Gasteiger partial charge < -0.3 is 10.6 Å². The van der Waals surface area contributed by atoms with Crippen LogP contribution < -0.4 is 10.6 Å². The van der Waals surface area contributed by atoms with E-state index in [1.807, 2.05) is 13.1 Å². The highest BCUT2D eigenvalue weighted by molar-refractivity contribution is 14.0. The number of guanidine groups is 1. The number of hydrogen-bond donors (Lipinski definition) is 2. The maximum absolute atomic E-state index is 4.76. The van der Waals surface area contributed by atoms with E-state index in [1.165, 1.54) is 53.9 Å². The molecule has 1 saturated heterocycles. The van der Waals surface area contributed by atoms with Crippen molar-refractivity contribution in [3.63, 3.8) is 0 Å². The number of benzene rings is 2. The zero-order valence-corrected chi connectivity index (χ0v) is 22.9. The lowest BCUT2D eigenvalue weighted by Crippen LogP contribution is -2.36. The maximum atomic E-state index is 4.76. The van der Waals surface area contributed by atoms with Crippen LogP contribution in [0.25, 0.3) is 0 Å². The van der Waals surface area contributed by atoms with Gasteiger partial charge in [0.05, 0.1) is 12.2 Å². The first-order chi connectivity index (χ1) is 16.1. The molecule has 1 fully saturated rings. The monoisotopic (exact) mass is 572 g/mol. The fourth-order valence-electron chi connectivity index (χ4n) is 4.44. The van der Waals surface area contributed by atoms with Crippen LogP contribution in [0, 0.1) is 13.8 Å². The van der Waals surface area contributed by atoms with Crippen molar-refractivity contribution >= 4 is 29.9 Å². The molecular formula is C27H37IN6. The number of halogens is 1. The van der Waals surface area contributed by atoms with Gasteiger partial charge in [0.1, 0.15) is 0 Å². The van der Waals surface area contributed by atoms with Crippen molar-refractivity contribution in [2.24, 2.45) is 4.99 Å². The highest BCUT2D eigenvalue weighted by Gasteiger charge is 2.13. The lowest BCUT2D eigenvalue weighted by atomic mass is 10.1. The van der Waals surface area contributed by atoms with Gasteiger partial charge in [0.15, 0.2) is 5.96 Å². The van der Waals surface area contributed by atoms with E-state index in [9.17, 15) is 0 Å². The Morgan fingerprint density at radius 1 is 0.853 bits per heavy atom. The van der Waals surface area contributed by atoms with Gasteiger partial charge in [-0.2, -0.15) is 5.10 Å². The minimum atomic E-state index is 0. The number of hydrogen-bond acceptors (Lipinski definition) is 3. The Bertz CT molecular complexity index is 1050. The van der Waals surface area contributed by atoms with Gasteiger partial charge in [-0.3, -0.25) is 14.6 Å². The first-order valence-corrected chi connectivity index (χ1v) is 11.9. The average molecular weight is 573 g/mol. The number of rotatable bonds is 8. The molecule has 0 spiro atoms. The quantitative estimate of drug-likeness (QED) is 0.235. The van der Waals surface area contributed by atoms with Crippen molar-refractivity contribution in [3.8, 4) is 0 Å². The van der Waals surface area contributed by atoms with Crippen LogP contribution in [0.3, 0.4) is 0 Å². The molecule has 34 heavy (non-hydrogen) atoms. The summed E-state index contributed by atoms with van der Waals surface area (Å²) in [6.07, 6.45) is 2.67. The summed E-state index contributed by atoms with van der Waals surface area (Å²) in [6, 6.07) is 19.4. The zero-order valence-electron chi connectivity index (χ0n) is 20.6. The van der Waals surface area contributed by atoms with Crippen LogP contribution in [0.1, 0.15) is 46.5 Å². The van der Waals surface area contributed by atoms with Crippen LogP contribution in [-0.2, 0) is 26.2 Å². The number of aryl methyl sites for hydroxylation is 1. The largest absolute Gasteiger partial charge is 0.352 e. The lowest BCUT2D eigenvalue weighted by Gasteiger charge is -2.15. The van der Waals surface area contributed by atoms with E-state index in [4.69, 9.17) is 5.10 Å². The molecule has 0 amide bonds. The molecule has 7 heteroatoms. The van der Waals surface area contributed by atoms with Crippen LogP contribution in [0.15, 0.2) is 59.6 Å². The summed E-state index contributed by atoms with van der Waals surface area (Å²) in [7, 11) is 1.81. The normalized spacial score (nSPS) is 14.1. The number of nitrogens with zero attached hydrogens (tertiary/aromatic N) is 4. The van der Waals surface area contributed by atoms with Gasteiger partial charge in [-0.05, 0) is 56.5 Å². The van der Waals surface area contributed by atoms with E-state index < -0.39 is 0 Å². The lowest BCUT2D eigenvalue weighted by molar-refractivity contribution is 0.331. The Hall–Kier alpha value is -2.39. The summed E-state index contributed by atoms with van der Waals surface area (Å²) >= 11 is 0. The molecule has 3 aromatic rings. The predicted molar refractivity (Wildman–Crippen MR) is 151 cm³/mol. The third-order valence-electron chi connectivity index (χ3n) is 6.45. The van der Waals surface area contributed by atoms with Gasteiger partial charge in [-0.15, -0.1) is 24.0 Å². The summed E-state index contributed by atoms with van der Waals surface area (Å²) < 4.78 is 2.08. The summed E-state index contributed by atoms with van der Waals surface area (Å²) in [5, 5.41) is 11.6. The summed E-state index contributed by atoms with van der Waals surface area (Å²) in [6.45, 7) is 9.97. The van der Waals surface area contributed by atoms with E-state index in [-0.39, 0.29) is 24.0 Å². The van der Waals surface area contributed by atoms with Gasteiger partial charge in [-0.25, -0.2) is 0 Å². The zero-order chi connectivity index (χ0) is 23.0. The van der Waals surface area contributed by atoms with Crippen LogP contribution in [0.5, 0.6) is 0 Å². The molecular weight excluding hydrogens is 535 g/mol. The maximum Gasteiger partial charge on any atom is 0.191 e. The average Bonchev–Trinajstić information content (AvgIpc) is 3.44. The molecule has 2 aromatic carbocycles. The molecule has 1 aromatic heterocycles. The first-order valence-electron chi connectivity index (χ1n) is 11.9. The molecule has 0 bridgehead atoms. The Kier molecular flexibility index (Phi) is 9.95. The Balaban J connectivity index is 0.00000324. The first kappa shape index (κ1) is 26.2. The van der Waals surface area contributed by atoms with Gasteiger partial charge in [0.25, 0.3) is 0 Å². The van der Waals surface area contributed by atoms with Crippen LogP contribution in [-0.4, -0.2) is 40.8 Å². The molecule has 6 nitrogen and oxygen atoms in total. The van der Waals surface area contributed by atoms with E-state index in [2.05, 4.69) is 87.6 Å². The molecule has 1 aliphatic heterocycles. The van der Waals surface area contributed by atoms with Crippen molar-refractivity contribution in [1.82, 2.24) is 25.3 Å². The molecule has 2 N–H and O–H groups in total. The predicted octanol–water partition coefficient (Wildman–Crippen LogP) is 4.63. The summed E-state index contributed by atoms with van der Waals surface area (Å²) in [5.41, 5.74) is 7.37. The van der Waals surface area contributed by atoms with Gasteiger partial charge in [-0.1, -0.05) is 54.6 Å². The molecule has 0 unspecified atom stereocenters. The fourth-order valence-corrected chi connectivity index (χ4v) is 4.44. The van der Waals surface area contributed by atoms with Gasteiger partial charge >= 0.3 is 0 Å². The van der Waals surface area contributed by atoms with Gasteiger partial charge in [0.2, 0.25) is 0 Å². The molecule has 1 aliphatic rings. The standard InChI is InChI=1S/C27H36N6.HI/c1-21-26(22(2)33(31-21)20-24-9-5-4-6-10-24)18-30-27(28-3)29-17-23-11-13-25(14-12-23)19-32-15-7-8-16-32;/h4-6,9-14H,7-8,15-20H2,1-3H3,(H2,28,29,30);1H. The summed E-state index contributed by atoms with van der Waals surface area (Å²) in [4.78, 5) is 6.93. The Labute approximate surface area is 220 Å². The topological polar surface area (TPSA) is 57.5 Å². The third kappa shape index (κ3) is 7.06. The second-order valence-electron chi connectivity index (χ2n) is 8.87. The van der Waals surface area contributed by atoms with Crippen molar-refractivity contribution in [3.05, 3.63) is 88.2 Å². The van der Waals surface area contributed by atoms with Crippen molar-refractivity contribution in [2.45, 2.75) is 52.9 Å². The molecule has 4 rings (SSSR count). The molecule has 0 aliphatic carbocycles. The second kappa shape index (κ2) is 12.9. The van der Waals surface area contributed by atoms with E-state index in [1.54, 1.807) is 0 Å². The number of aromatic nitrogens is 2. The Morgan fingerprint density at radius 2 is 1.47 bits per heavy atom. The molecule has 182 valence electrons. The van der Waals surface area contributed by atoms with Crippen LogP contribution in [0.2, 0.25) is 0 Å². The molecule has 0 atom stereocenters. The molecule has 2 heterocycles. The Morgan fingerprint density at radius 3 is 2.15 bits per heavy atom. The fraction of sp³-hybridized carbons (Fsp3) is 0.407. The van der Waals surface area contributed by atoms with E-state index in [0.717, 1.165) is 31.3 Å². The van der Waals surface area contributed by atoms with Gasteiger partial charge in [0, 0.05) is 37.9 Å². The van der Waals surface area contributed by atoms with Crippen LogP contribution in [0.4, 0.5) is 0 Å². The number of likely N-dealkylation sites (tertiary alicyclic amines) is 1. The second-order valence-corrected chi connectivity index (χ2v) is 8.87. The number of nitrogens with one attached hydrogen (secondary N) is 2. The van der Waals surface area contributed by atoms with Crippen molar-refractivity contribution in [1.29, 1.82) is 0 Å². The molecule has 0 saturated carbocycles. The minimum absolute atomic E-state index is 0. The van der Waals surface area contributed by atoms with Crippen molar-refractivity contribution in [2.75, 3.05) is 20.1 Å². The van der Waals surface area contributed by atoms with E-state index >= 15 is 0 Å². The minimum Gasteiger partial charge on any atom is -0.352 e. The number of aliphatic imine (C=N–C) groups is 1. The third-order valence-corrected chi connectivity index (χ3v) is 6.45. The highest BCUT2D eigenvalue weighted by Crippen LogP contribution is 2.15. The summed E-state index contributed by atoms with van der Waals surface area (Å²) in [5.74, 6) is 0.797. The van der Waals surface area contributed by atoms with Crippen LogP contribution >= 0.6 is 24.0 Å². The SMILES string of the molecule is CN=C(NCc1ccc(CN2CCCC2)cc1)NCc1c(C)nn(Cc2ccccc2)c1C.I. The highest BCUT2D eigenvalue weighted by atomic mass is 127. The molecule has 0 radical (unpaired) electrons. The van der Waals surface area contributed by atoms with Crippen molar-refractivity contribution < 1.29 is 0 Å².